The zero-order valence-corrected chi connectivity index (χ0v) is 9.85. The Kier molecular flexibility index (Phi) is 5.26. The van der Waals surface area contributed by atoms with Crippen molar-refractivity contribution in [1.29, 1.82) is 0 Å². The summed E-state index contributed by atoms with van der Waals surface area (Å²) in [5.74, 6) is -1.89. The molecule has 98 valence electrons. The number of amides is 1. The standard InChI is InChI=1S/C12H14FNO4/c1-8(12(16)17)18-7-11(15)14-6-9-2-4-10(13)5-3-9/h2-5,8H,6-7H2,1H3,(H,14,15)(H,16,17)/t8-/m0/s1. The van der Waals surface area contributed by atoms with Gasteiger partial charge in [-0.05, 0) is 24.6 Å². The molecule has 0 aliphatic carbocycles. The summed E-state index contributed by atoms with van der Waals surface area (Å²) in [5, 5.41) is 11.1. The Balaban J connectivity index is 2.29. The SMILES string of the molecule is C[C@H](OCC(=O)NCc1ccc(F)cc1)C(=O)O. The fraction of sp³-hybridized carbons (Fsp3) is 0.333. The lowest BCUT2D eigenvalue weighted by Crippen LogP contribution is -2.31. The van der Waals surface area contributed by atoms with Crippen LogP contribution in [0.2, 0.25) is 0 Å². The topological polar surface area (TPSA) is 75.6 Å². The zero-order valence-electron chi connectivity index (χ0n) is 9.85. The van der Waals surface area contributed by atoms with Gasteiger partial charge in [-0.15, -0.1) is 0 Å². The van der Waals surface area contributed by atoms with E-state index in [4.69, 9.17) is 9.84 Å². The molecule has 1 amide bonds. The van der Waals surface area contributed by atoms with Gasteiger partial charge in [0.15, 0.2) is 6.10 Å². The summed E-state index contributed by atoms with van der Waals surface area (Å²) in [6.07, 6.45) is -1.03. The molecule has 0 fully saturated rings. The quantitative estimate of drug-likeness (QED) is 0.793. The second kappa shape index (κ2) is 6.70. The third-order valence-corrected chi connectivity index (χ3v) is 2.22. The molecule has 0 aliphatic heterocycles. The van der Waals surface area contributed by atoms with Gasteiger partial charge in [-0.25, -0.2) is 9.18 Å². The molecule has 0 aliphatic rings. The maximum absolute atomic E-state index is 12.6. The van der Waals surface area contributed by atoms with Crippen LogP contribution in [0.4, 0.5) is 4.39 Å². The number of rotatable bonds is 6. The van der Waals surface area contributed by atoms with Crippen LogP contribution in [0.15, 0.2) is 24.3 Å². The van der Waals surface area contributed by atoms with Crippen LogP contribution in [0, 0.1) is 5.82 Å². The number of carbonyl (C=O) groups excluding carboxylic acids is 1. The van der Waals surface area contributed by atoms with E-state index in [1.54, 1.807) is 12.1 Å². The molecule has 1 rings (SSSR count). The van der Waals surface area contributed by atoms with Crippen molar-refractivity contribution < 1.29 is 23.8 Å². The molecule has 5 nitrogen and oxygen atoms in total. The van der Waals surface area contributed by atoms with E-state index >= 15 is 0 Å². The van der Waals surface area contributed by atoms with Gasteiger partial charge in [0, 0.05) is 6.54 Å². The highest BCUT2D eigenvalue weighted by Gasteiger charge is 2.12. The van der Waals surface area contributed by atoms with E-state index in [0.717, 1.165) is 5.56 Å². The van der Waals surface area contributed by atoms with Crippen LogP contribution in [0.1, 0.15) is 12.5 Å². The summed E-state index contributed by atoms with van der Waals surface area (Å²) < 4.78 is 17.4. The van der Waals surface area contributed by atoms with E-state index in [9.17, 15) is 14.0 Å². The largest absolute Gasteiger partial charge is 0.479 e. The van der Waals surface area contributed by atoms with Crippen LogP contribution < -0.4 is 5.32 Å². The molecule has 0 saturated carbocycles. The number of halogens is 1. The number of carboxylic acids is 1. The summed E-state index contributed by atoms with van der Waals surface area (Å²) in [6.45, 7) is 1.26. The lowest BCUT2D eigenvalue weighted by atomic mass is 10.2. The van der Waals surface area contributed by atoms with Crippen molar-refractivity contribution in [3.8, 4) is 0 Å². The number of hydrogen-bond donors (Lipinski definition) is 2. The van der Waals surface area contributed by atoms with Crippen molar-refractivity contribution in [1.82, 2.24) is 5.32 Å². The molecule has 2 N–H and O–H groups in total. The molecule has 6 heteroatoms. The number of carboxylic acid groups (broad SMARTS) is 1. The van der Waals surface area contributed by atoms with Crippen LogP contribution in [-0.4, -0.2) is 29.7 Å². The number of ether oxygens (including phenoxy) is 1. The van der Waals surface area contributed by atoms with Crippen LogP contribution in [-0.2, 0) is 20.9 Å². The Morgan fingerprint density at radius 2 is 2.00 bits per heavy atom. The maximum Gasteiger partial charge on any atom is 0.332 e. The predicted molar refractivity (Wildman–Crippen MR) is 61.3 cm³/mol. The van der Waals surface area contributed by atoms with Crippen LogP contribution in [0.5, 0.6) is 0 Å². The maximum atomic E-state index is 12.6. The summed E-state index contributed by atoms with van der Waals surface area (Å²) in [7, 11) is 0. The molecular weight excluding hydrogens is 241 g/mol. The number of aliphatic carboxylic acids is 1. The van der Waals surface area contributed by atoms with E-state index in [2.05, 4.69) is 5.32 Å². The third-order valence-electron chi connectivity index (χ3n) is 2.22. The third kappa shape index (κ3) is 4.92. The first-order chi connectivity index (χ1) is 8.49. The number of nitrogens with one attached hydrogen (secondary N) is 1. The van der Waals surface area contributed by atoms with Crippen molar-refractivity contribution in [2.45, 2.75) is 19.6 Å². The molecule has 1 aromatic rings. The lowest BCUT2D eigenvalue weighted by Gasteiger charge is -2.09. The highest BCUT2D eigenvalue weighted by Crippen LogP contribution is 2.02. The minimum Gasteiger partial charge on any atom is -0.479 e. The fourth-order valence-electron chi connectivity index (χ4n) is 1.13. The second-order valence-corrected chi connectivity index (χ2v) is 3.69. The molecule has 0 unspecified atom stereocenters. The average molecular weight is 255 g/mol. The van der Waals surface area contributed by atoms with Gasteiger partial charge in [-0.2, -0.15) is 0 Å². The molecule has 1 aromatic carbocycles. The first-order valence-corrected chi connectivity index (χ1v) is 5.34. The Hall–Kier alpha value is -1.95. The van der Waals surface area contributed by atoms with Gasteiger partial charge >= 0.3 is 5.97 Å². The number of carbonyl (C=O) groups is 2. The van der Waals surface area contributed by atoms with Gasteiger partial charge in [0.1, 0.15) is 12.4 Å². The Morgan fingerprint density at radius 1 is 1.39 bits per heavy atom. The Labute approximate surface area is 104 Å². The first kappa shape index (κ1) is 14.1. The molecule has 0 spiro atoms. The molecule has 1 atom stereocenters. The van der Waals surface area contributed by atoms with E-state index < -0.39 is 18.0 Å². The molecular formula is C12H14FNO4. The average Bonchev–Trinajstić information content (AvgIpc) is 2.35. The monoisotopic (exact) mass is 255 g/mol. The predicted octanol–water partition coefficient (Wildman–Crippen LogP) is 0.932. The van der Waals surface area contributed by atoms with Crippen molar-refractivity contribution in [2.75, 3.05) is 6.61 Å². The van der Waals surface area contributed by atoms with Crippen molar-refractivity contribution in [2.24, 2.45) is 0 Å². The van der Waals surface area contributed by atoms with Crippen molar-refractivity contribution >= 4 is 11.9 Å². The second-order valence-electron chi connectivity index (χ2n) is 3.69. The highest BCUT2D eigenvalue weighted by molar-refractivity contribution is 5.78. The van der Waals surface area contributed by atoms with Gasteiger partial charge in [0.05, 0.1) is 0 Å². The number of benzene rings is 1. The lowest BCUT2D eigenvalue weighted by molar-refractivity contribution is -0.150. The Bertz CT molecular complexity index is 419. The molecule has 0 heterocycles. The van der Waals surface area contributed by atoms with E-state index in [-0.39, 0.29) is 19.0 Å². The molecule has 0 aromatic heterocycles. The van der Waals surface area contributed by atoms with E-state index in [1.165, 1.54) is 19.1 Å². The molecule has 0 radical (unpaired) electrons. The molecule has 18 heavy (non-hydrogen) atoms. The van der Waals surface area contributed by atoms with Crippen LogP contribution in [0.25, 0.3) is 0 Å². The summed E-state index contributed by atoms with van der Waals surface area (Å²) in [5.41, 5.74) is 0.746. The van der Waals surface area contributed by atoms with Gasteiger partial charge in [-0.3, -0.25) is 4.79 Å². The normalized spacial score (nSPS) is 11.9. The van der Waals surface area contributed by atoms with E-state index in [0.29, 0.717) is 0 Å². The number of hydrogen-bond acceptors (Lipinski definition) is 3. The first-order valence-electron chi connectivity index (χ1n) is 5.34. The fourth-order valence-corrected chi connectivity index (χ4v) is 1.13. The smallest absolute Gasteiger partial charge is 0.332 e. The van der Waals surface area contributed by atoms with Gasteiger partial charge in [-0.1, -0.05) is 12.1 Å². The zero-order chi connectivity index (χ0) is 13.5. The summed E-state index contributed by atoms with van der Waals surface area (Å²) >= 11 is 0. The summed E-state index contributed by atoms with van der Waals surface area (Å²) in [6, 6.07) is 5.70. The van der Waals surface area contributed by atoms with Crippen LogP contribution >= 0.6 is 0 Å². The van der Waals surface area contributed by atoms with Crippen molar-refractivity contribution in [3.63, 3.8) is 0 Å². The van der Waals surface area contributed by atoms with E-state index in [1.807, 2.05) is 0 Å². The van der Waals surface area contributed by atoms with Gasteiger partial charge in [0.25, 0.3) is 0 Å². The summed E-state index contributed by atoms with van der Waals surface area (Å²) in [4.78, 5) is 21.7. The van der Waals surface area contributed by atoms with Gasteiger partial charge in [0.2, 0.25) is 5.91 Å². The minimum atomic E-state index is -1.12. The van der Waals surface area contributed by atoms with Crippen LogP contribution in [0.3, 0.4) is 0 Å². The van der Waals surface area contributed by atoms with Gasteiger partial charge < -0.3 is 15.2 Å². The Morgan fingerprint density at radius 3 is 2.56 bits per heavy atom. The minimum absolute atomic E-state index is 0.240. The van der Waals surface area contributed by atoms with Crippen molar-refractivity contribution in [3.05, 3.63) is 35.6 Å². The molecule has 0 saturated heterocycles. The molecule has 0 bridgehead atoms. The highest BCUT2D eigenvalue weighted by atomic mass is 19.1.